The van der Waals surface area contributed by atoms with Gasteiger partial charge in [0.2, 0.25) is 5.78 Å². The first kappa shape index (κ1) is 15.2. The fourth-order valence-electron chi connectivity index (χ4n) is 3.38. The van der Waals surface area contributed by atoms with Gasteiger partial charge in [0, 0.05) is 22.2 Å². The van der Waals surface area contributed by atoms with Crippen molar-refractivity contribution in [3.63, 3.8) is 0 Å². The molecule has 2 N–H and O–H groups in total. The summed E-state index contributed by atoms with van der Waals surface area (Å²) in [4.78, 5) is 20.7. The van der Waals surface area contributed by atoms with Crippen LogP contribution in [0.25, 0.3) is 27.7 Å². The number of Topliss-reactive ketones (excluding diaryl/α,β-unsaturated/α-hetero) is 1. The number of nitrogens with one attached hydrogen (secondary N) is 2. The van der Waals surface area contributed by atoms with Crippen molar-refractivity contribution in [2.45, 2.75) is 12.1 Å². The van der Waals surface area contributed by atoms with Gasteiger partial charge in [-0.05, 0) is 25.1 Å². The van der Waals surface area contributed by atoms with Crippen LogP contribution < -0.4 is 0 Å². The zero-order valence-corrected chi connectivity index (χ0v) is 14.8. The molecule has 0 amide bonds. The largest absolute Gasteiger partial charge is 0.358 e. The molecule has 0 aliphatic rings. The third kappa shape index (κ3) is 2.24. The molecule has 26 heavy (non-hydrogen) atoms. The lowest BCUT2D eigenvalue weighted by Crippen LogP contribution is -2.04. The van der Waals surface area contributed by atoms with E-state index in [1.54, 1.807) is 0 Å². The summed E-state index contributed by atoms with van der Waals surface area (Å²) in [6, 6.07) is 15.8. The van der Waals surface area contributed by atoms with E-state index in [1.807, 2.05) is 59.9 Å². The number of carbonyl (C=O) groups excluding carboxylic acids is 1. The Balaban J connectivity index is 1.48. The Morgan fingerprint density at radius 2 is 1.96 bits per heavy atom. The van der Waals surface area contributed by atoms with Crippen LogP contribution in [0.4, 0.5) is 0 Å². The van der Waals surface area contributed by atoms with Crippen molar-refractivity contribution in [3.05, 3.63) is 59.8 Å². The van der Waals surface area contributed by atoms with Crippen LogP contribution in [0.5, 0.6) is 0 Å². The number of aromatic nitrogens is 5. The second-order valence-electron chi connectivity index (χ2n) is 6.15. The topological polar surface area (TPSA) is 78.8 Å². The van der Waals surface area contributed by atoms with Crippen LogP contribution in [-0.2, 0) is 0 Å². The van der Waals surface area contributed by atoms with Gasteiger partial charge >= 0.3 is 0 Å². The maximum Gasteiger partial charge on any atom is 0.231 e. The lowest BCUT2D eigenvalue weighted by atomic mass is 10.1. The molecule has 0 spiro atoms. The lowest BCUT2D eigenvalue weighted by Gasteiger charge is -2.01. The fourth-order valence-corrected chi connectivity index (χ4v) is 4.21. The van der Waals surface area contributed by atoms with Crippen molar-refractivity contribution in [2.24, 2.45) is 0 Å². The van der Waals surface area contributed by atoms with E-state index >= 15 is 0 Å². The predicted molar refractivity (Wildman–Crippen MR) is 103 cm³/mol. The summed E-state index contributed by atoms with van der Waals surface area (Å²) in [5.41, 5.74) is 4.53. The number of imidazole rings is 1. The highest BCUT2D eigenvalue weighted by Gasteiger charge is 2.18. The highest BCUT2D eigenvalue weighted by atomic mass is 32.2. The summed E-state index contributed by atoms with van der Waals surface area (Å²) in [5, 5.41) is 8.97. The highest BCUT2D eigenvalue weighted by molar-refractivity contribution is 7.99. The van der Waals surface area contributed by atoms with E-state index in [4.69, 9.17) is 0 Å². The van der Waals surface area contributed by atoms with Crippen molar-refractivity contribution in [1.82, 2.24) is 24.6 Å². The van der Waals surface area contributed by atoms with E-state index in [9.17, 15) is 4.79 Å². The van der Waals surface area contributed by atoms with Crippen molar-refractivity contribution < 1.29 is 4.79 Å². The highest BCUT2D eigenvalue weighted by Crippen LogP contribution is 2.27. The van der Waals surface area contributed by atoms with Crippen molar-refractivity contribution in [2.75, 3.05) is 5.75 Å². The molecule has 0 atom stereocenters. The van der Waals surface area contributed by atoms with Gasteiger partial charge in [0.05, 0.1) is 16.8 Å². The smallest absolute Gasteiger partial charge is 0.231 e. The van der Waals surface area contributed by atoms with Crippen LogP contribution in [0, 0.1) is 6.92 Å². The van der Waals surface area contributed by atoms with E-state index in [0.717, 1.165) is 38.4 Å². The lowest BCUT2D eigenvalue weighted by molar-refractivity contribution is 0.102. The van der Waals surface area contributed by atoms with Gasteiger partial charge in [-0.3, -0.25) is 9.20 Å². The fraction of sp³-hybridized carbons (Fsp3) is 0.105. The average Bonchev–Trinajstić information content (AvgIpc) is 3.30. The number of para-hydroxylation sites is 3. The van der Waals surface area contributed by atoms with Gasteiger partial charge in [-0.2, -0.15) is 0 Å². The Hall–Kier alpha value is -3.06. The molecule has 0 bridgehead atoms. The minimum atomic E-state index is 0.0884. The van der Waals surface area contributed by atoms with E-state index in [1.165, 1.54) is 11.8 Å². The van der Waals surface area contributed by atoms with Crippen LogP contribution in [-0.4, -0.2) is 36.1 Å². The number of thioether (sulfide) groups is 1. The molecule has 0 saturated heterocycles. The number of ketones is 1. The number of hydrogen-bond acceptors (Lipinski definition) is 4. The van der Waals surface area contributed by atoms with Gasteiger partial charge < -0.3 is 4.98 Å². The third-order valence-electron chi connectivity index (χ3n) is 4.51. The number of aromatic amines is 2. The predicted octanol–water partition coefficient (Wildman–Crippen LogP) is 3.98. The van der Waals surface area contributed by atoms with Crippen LogP contribution in [0.2, 0.25) is 0 Å². The quantitative estimate of drug-likeness (QED) is 0.375. The second kappa shape index (κ2) is 5.74. The van der Waals surface area contributed by atoms with Gasteiger partial charge in [-0.15, -0.1) is 5.10 Å². The summed E-state index contributed by atoms with van der Waals surface area (Å²) in [5.74, 6) is 1.09. The van der Waals surface area contributed by atoms with E-state index in [0.29, 0.717) is 11.5 Å². The molecule has 128 valence electrons. The summed E-state index contributed by atoms with van der Waals surface area (Å²) in [7, 11) is 0. The molecule has 2 aromatic carbocycles. The number of H-pyrrole nitrogens is 2. The monoisotopic (exact) mass is 361 g/mol. The van der Waals surface area contributed by atoms with E-state index < -0.39 is 0 Å². The van der Waals surface area contributed by atoms with Crippen molar-refractivity contribution >= 4 is 45.3 Å². The number of fused-ring (bicyclic) bond motifs is 4. The average molecular weight is 361 g/mol. The van der Waals surface area contributed by atoms with Crippen LogP contribution in [0.3, 0.4) is 0 Å². The van der Waals surface area contributed by atoms with Gasteiger partial charge in [0.25, 0.3) is 0 Å². The molecule has 0 unspecified atom stereocenters. The molecule has 3 heterocycles. The molecule has 0 aliphatic carbocycles. The Labute approximate surface area is 152 Å². The first-order valence-corrected chi connectivity index (χ1v) is 9.26. The minimum Gasteiger partial charge on any atom is -0.358 e. The number of carbonyl (C=O) groups is 1. The van der Waals surface area contributed by atoms with Crippen molar-refractivity contribution in [1.29, 1.82) is 0 Å². The molecular weight excluding hydrogens is 346 g/mol. The Bertz CT molecular complexity index is 1280. The number of benzene rings is 2. The van der Waals surface area contributed by atoms with Gasteiger partial charge in [0.15, 0.2) is 10.9 Å². The van der Waals surface area contributed by atoms with Crippen LogP contribution in [0.1, 0.15) is 16.1 Å². The first-order chi connectivity index (χ1) is 12.7. The standard InChI is InChI=1S/C19H15N5OS/c1-11-17(12-6-2-3-7-13(12)20-11)16(25)10-26-19-23-22-18-21-14-8-4-5-9-15(14)24(18)19/h2-9,20H,10H2,1H3,(H,21,22). The van der Waals surface area contributed by atoms with Crippen LogP contribution >= 0.6 is 11.8 Å². The van der Waals surface area contributed by atoms with E-state index in [2.05, 4.69) is 20.2 Å². The van der Waals surface area contributed by atoms with Gasteiger partial charge in [-0.25, -0.2) is 10.1 Å². The maximum absolute atomic E-state index is 12.9. The molecule has 6 nitrogen and oxygen atoms in total. The molecule has 5 aromatic rings. The molecule has 3 aromatic heterocycles. The Kier molecular flexibility index (Phi) is 3.36. The molecule has 0 fully saturated rings. The van der Waals surface area contributed by atoms with Gasteiger partial charge in [-0.1, -0.05) is 42.1 Å². The molecule has 7 heteroatoms. The zero-order chi connectivity index (χ0) is 17.7. The van der Waals surface area contributed by atoms with Crippen molar-refractivity contribution in [3.8, 4) is 0 Å². The molecule has 5 rings (SSSR count). The van der Waals surface area contributed by atoms with Crippen LogP contribution in [0.15, 0.2) is 53.7 Å². The summed E-state index contributed by atoms with van der Waals surface area (Å²) in [6.45, 7) is 1.94. The molecule has 0 aliphatic heterocycles. The molecule has 0 saturated carbocycles. The SMILES string of the molecule is Cc1[nH]c2ccccc2c1C(=O)CSc1n[nH]c2nc3ccccc3n12. The number of hydrogen-bond donors (Lipinski definition) is 2. The number of aryl methyl sites for hydroxylation is 1. The zero-order valence-electron chi connectivity index (χ0n) is 14.0. The summed E-state index contributed by atoms with van der Waals surface area (Å²) in [6.07, 6.45) is 0. The minimum absolute atomic E-state index is 0.0884. The number of nitrogens with zero attached hydrogens (tertiary/aromatic N) is 3. The summed E-state index contributed by atoms with van der Waals surface area (Å²) < 4.78 is 1.95. The van der Waals surface area contributed by atoms with Gasteiger partial charge in [0.1, 0.15) is 0 Å². The number of rotatable bonds is 4. The summed E-state index contributed by atoms with van der Waals surface area (Å²) >= 11 is 1.42. The third-order valence-corrected chi connectivity index (χ3v) is 5.45. The molecule has 0 radical (unpaired) electrons. The molecular formula is C19H15N5OS. The maximum atomic E-state index is 12.9. The Morgan fingerprint density at radius 1 is 1.15 bits per heavy atom. The normalized spacial score (nSPS) is 11.7. The first-order valence-electron chi connectivity index (χ1n) is 8.27. The van der Waals surface area contributed by atoms with E-state index in [-0.39, 0.29) is 5.78 Å². The Morgan fingerprint density at radius 3 is 2.88 bits per heavy atom. The second-order valence-corrected chi connectivity index (χ2v) is 7.09.